The molecule has 0 saturated carbocycles. The molecule has 0 unspecified atom stereocenters. The number of benzene rings is 1. The summed E-state index contributed by atoms with van der Waals surface area (Å²) in [6.45, 7) is 3.96. The zero-order chi connectivity index (χ0) is 11.1. The molecule has 3 heteroatoms. The maximum atomic E-state index is 11.7. The van der Waals surface area contributed by atoms with Gasteiger partial charge in [-0.25, -0.2) is 8.42 Å². The highest BCUT2D eigenvalue weighted by Crippen LogP contribution is 2.32. The molecule has 1 aliphatic heterocycles. The highest BCUT2D eigenvalue weighted by molar-refractivity contribution is 7.94. The van der Waals surface area contributed by atoms with Crippen LogP contribution in [0.5, 0.6) is 0 Å². The summed E-state index contributed by atoms with van der Waals surface area (Å²) in [6, 6.07) is 7.10. The molecule has 0 atom stereocenters. The van der Waals surface area contributed by atoms with Gasteiger partial charge < -0.3 is 0 Å². The number of hydrogen-bond donors (Lipinski definition) is 0. The zero-order valence-electron chi connectivity index (χ0n) is 8.69. The lowest BCUT2D eigenvalue weighted by Crippen LogP contribution is -2.05. The van der Waals surface area contributed by atoms with Crippen LogP contribution in [0.3, 0.4) is 0 Å². The Hall–Kier alpha value is -1.35. The molecule has 0 aliphatic carbocycles. The molecule has 2 rings (SSSR count). The van der Waals surface area contributed by atoms with Crippen LogP contribution in [0.25, 0.3) is 5.57 Å². The van der Waals surface area contributed by atoms with Crippen molar-refractivity contribution in [2.45, 2.75) is 18.7 Å². The van der Waals surface area contributed by atoms with Crippen molar-refractivity contribution < 1.29 is 8.42 Å². The van der Waals surface area contributed by atoms with Gasteiger partial charge >= 0.3 is 0 Å². The van der Waals surface area contributed by atoms with Crippen molar-refractivity contribution in [2.24, 2.45) is 0 Å². The van der Waals surface area contributed by atoms with E-state index in [4.69, 9.17) is 0 Å². The molecule has 2 nitrogen and oxygen atoms in total. The van der Waals surface area contributed by atoms with Crippen molar-refractivity contribution in [1.29, 1.82) is 0 Å². The maximum Gasteiger partial charge on any atom is 0.200 e. The monoisotopic (exact) mass is 220 g/mol. The van der Waals surface area contributed by atoms with E-state index in [0.717, 1.165) is 16.7 Å². The summed E-state index contributed by atoms with van der Waals surface area (Å²) in [5.74, 6) is 0. The summed E-state index contributed by atoms with van der Waals surface area (Å²) in [7, 11) is -3.22. The van der Waals surface area contributed by atoms with Crippen molar-refractivity contribution in [3.8, 4) is 0 Å². The lowest BCUT2D eigenvalue weighted by Gasteiger charge is -2.15. The Bertz CT molecular complexity index is 559. The molecule has 0 fully saturated rings. The van der Waals surface area contributed by atoms with Crippen LogP contribution in [-0.4, -0.2) is 8.42 Å². The van der Waals surface area contributed by atoms with Crippen LogP contribution >= 0.6 is 0 Å². The fourth-order valence-electron chi connectivity index (χ4n) is 1.69. The molecule has 1 aliphatic rings. The minimum Gasteiger partial charge on any atom is -0.219 e. The Morgan fingerprint density at radius 1 is 1.13 bits per heavy atom. The first-order valence-corrected chi connectivity index (χ1v) is 6.27. The SMILES string of the molecule is CC(C)=C1C=CS(=O)(=O)c2ccccc21. The van der Waals surface area contributed by atoms with Gasteiger partial charge in [-0.3, -0.25) is 0 Å². The zero-order valence-corrected chi connectivity index (χ0v) is 9.51. The quantitative estimate of drug-likeness (QED) is 0.673. The third-order valence-electron chi connectivity index (χ3n) is 2.44. The summed E-state index contributed by atoms with van der Waals surface area (Å²) < 4.78 is 23.5. The van der Waals surface area contributed by atoms with Crippen LogP contribution in [0.2, 0.25) is 0 Å². The van der Waals surface area contributed by atoms with Gasteiger partial charge in [0.05, 0.1) is 4.90 Å². The second-order valence-electron chi connectivity index (χ2n) is 3.76. The van der Waals surface area contributed by atoms with E-state index in [2.05, 4.69) is 0 Å². The molecule has 0 N–H and O–H groups in total. The van der Waals surface area contributed by atoms with Crippen LogP contribution in [0.15, 0.2) is 46.2 Å². The van der Waals surface area contributed by atoms with E-state index in [1.807, 2.05) is 26.0 Å². The molecule has 0 spiro atoms. The molecule has 0 radical (unpaired) electrons. The highest BCUT2D eigenvalue weighted by atomic mass is 32.2. The number of rotatable bonds is 0. The minimum absolute atomic E-state index is 0.406. The van der Waals surface area contributed by atoms with E-state index in [9.17, 15) is 8.42 Å². The number of hydrogen-bond acceptors (Lipinski definition) is 2. The smallest absolute Gasteiger partial charge is 0.200 e. The second-order valence-corrected chi connectivity index (χ2v) is 5.56. The summed E-state index contributed by atoms with van der Waals surface area (Å²) in [5.41, 5.74) is 2.93. The predicted octanol–water partition coefficient (Wildman–Crippen LogP) is 2.78. The van der Waals surface area contributed by atoms with Crippen LogP contribution in [0.4, 0.5) is 0 Å². The van der Waals surface area contributed by atoms with Gasteiger partial charge in [-0.1, -0.05) is 23.8 Å². The van der Waals surface area contributed by atoms with Crippen LogP contribution in [0.1, 0.15) is 19.4 Å². The van der Waals surface area contributed by atoms with Gasteiger partial charge in [0.15, 0.2) is 9.84 Å². The first kappa shape index (κ1) is 10.2. The molecule has 0 amide bonds. The molecular formula is C12H12O2S. The molecule has 78 valence electrons. The third-order valence-corrected chi connectivity index (χ3v) is 3.90. The summed E-state index contributed by atoms with van der Waals surface area (Å²) in [4.78, 5) is 0.406. The van der Waals surface area contributed by atoms with E-state index in [1.54, 1.807) is 18.2 Å². The average Bonchev–Trinajstić information content (AvgIpc) is 2.17. The van der Waals surface area contributed by atoms with Gasteiger partial charge in [-0.15, -0.1) is 0 Å². The van der Waals surface area contributed by atoms with Crippen LogP contribution < -0.4 is 0 Å². The van der Waals surface area contributed by atoms with Crippen molar-refractivity contribution >= 4 is 15.4 Å². The maximum absolute atomic E-state index is 11.7. The first-order chi connectivity index (χ1) is 7.02. The molecule has 0 bridgehead atoms. The standard InChI is InChI=1S/C12H12O2S/c1-9(2)10-7-8-15(13,14)12-6-4-3-5-11(10)12/h3-8H,1-2H3. The Morgan fingerprint density at radius 3 is 2.47 bits per heavy atom. The fourth-order valence-corrected chi connectivity index (χ4v) is 2.91. The Kier molecular flexibility index (Phi) is 2.27. The van der Waals surface area contributed by atoms with E-state index >= 15 is 0 Å². The first-order valence-electron chi connectivity index (χ1n) is 4.72. The van der Waals surface area contributed by atoms with Crippen LogP contribution in [-0.2, 0) is 9.84 Å². The van der Waals surface area contributed by atoms with E-state index in [0.29, 0.717) is 4.90 Å². The Labute approximate surface area is 89.9 Å². The molecule has 1 heterocycles. The number of fused-ring (bicyclic) bond motifs is 1. The van der Waals surface area contributed by atoms with Crippen molar-refractivity contribution in [2.75, 3.05) is 0 Å². The fraction of sp³-hybridized carbons (Fsp3) is 0.167. The number of allylic oxidation sites excluding steroid dienone is 3. The summed E-state index contributed by atoms with van der Waals surface area (Å²) >= 11 is 0. The molecule has 0 saturated heterocycles. The molecule has 0 aromatic heterocycles. The Balaban J connectivity index is 2.83. The van der Waals surface area contributed by atoms with E-state index in [1.165, 1.54) is 5.41 Å². The van der Waals surface area contributed by atoms with E-state index in [-0.39, 0.29) is 0 Å². The molecule has 1 aromatic carbocycles. The summed E-state index contributed by atoms with van der Waals surface area (Å²) in [5, 5.41) is 1.28. The largest absolute Gasteiger partial charge is 0.219 e. The molecule has 1 aromatic rings. The van der Waals surface area contributed by atoms with Gasteiger partial charge in [0.2, 0.25) is 0 Å². The third kappa shape index (κ3) is 1.63. The summed E-state index contributed by atoms with van der Waals surface area (Å²) in [6.07, 6.45) is 1.67. The average molecular weight is 220 g/mol. The van der Waals surface area contributed by atoms with Gasteiger partial charge in [-0.05, 0) is 31.6 Å². The lowest BCUT2D eigenvalue weighted by atomic mass is 10.0. The van der Waals surface area contributed by atoms with Crippen molar-refractivity contribution in [1.82, 2.24) is 0 Å². The lowest BCUT2D eigenvalue weighted by molar-refractivity contribution is 0.604. The predicted molar refractivity (Wildman–Crippen MR) is 61.0 cm³/mol. The van der Waals surface area contributed by atoms with Gasteiger partial charge in [0.1, 0.15) is 0 Å². The normalized spacial score (nSPS) is 17.3. The van der Waals surface area contributed by atoms with Gasteiger partial charge in [0.25, 0.3) is 0 Å². The molecule has 15 heavy (non-hydrogen) atoms. The van der Waals surface area contributed by atoms with E-state index < -0.39 is 9.84 Å². The number of sulfone groups is 1. The topological polar surface area (TPSA) is 34.1 Å². The van der Waals surface area contributed by atoms with Crippen LogP contribution in [0, 0.1) is 0 Å². The minimum atomic E-state index is -3.22. The Morgan fingerprint density at radius 2 is 1.80 bits per heavy atom. The highest BCUT2D eigenvalue weighted by Gasteiger charge is 2.21. The molecular weight excluding hydrogens is 208 g/mol. The van der Waals surface area contributed by atoms with Gasteiger partial charge in [0, 0.05) is 11.0 Å². The van der Waals surface area contributed by atoms with Crippen molar-refractivity contribution in [3.63, 3.8) is 0 Å². The van der Waals surface area contributed by atoms with Gasteiger partial charge in [-0.2, -0.15) is 0 Å². The second kappa shape index (κ2) is 3.35. The van der Waals surface area contributed by atoms with Crippen molar-refractivity contribution in [3.05, 3.63) is 46.9 Å².